The van der Waals surface area contributed by atoms with E-state index in [0.29, 0.717) is 5.56 Å². The van der Waals surface area contributed by atoms with Gasteiger partial charge in [-0.2, -0.15) is 0 Å². The largest absolute Gasteiger partial charge is 0.444 e. The second kappa shape index (κ2) is 12.3. The number of amides is 3. The minimum atomic E-state index is -1.08. The van der Waals surface area contributed by atoms with Crippen LogP contribution in [0.3, 0.4) is 0 Å². The summed E-state index contributed by atoms with van der Waals surface area (Å²) < 4.78 is 5.40. The van der Waals surface area contributed by atoms with Crippen molar-refractivity contribution in [1.82, 2.24) is 15.5 Å². The normalized spacial score (nSPS) is 12.8. The third-order valence-electron chi connectivity index (χ3n) is 5.40. The van der Waals surface area contributed by atoms with Gasteiger partial charge in [-0.05, 0) is 70.7 Å². The van der Waals surface area contributed by atoms with Crippen molar-refractivity contribution in [3.8, 4) is 12.5 Å². The molecule has 0 aliphatic heterocycles. The maximum atomic E-state index is 13.9. The van der Waals surface area contributed by atoms with Gasteiger partial charge in [0.25, 0.3) is 5.91 Å². The molecule has 192 valence electrons. The molecule has 0 saturated carbocycles. The summed E-state index contributed by atoms with van der Waals surface area (Å²) in [6, 6.07) is 15.0. The van der Waals surface area contributed by atoms with Gasteiger partial charge in [-0.3, -0.25) is 14.5 Å². The molecule has 2 unspecified atom stereocenters. The summed E-state index contributed by atoms with van der Waals surface area (Å²) in [7, 11) is 0. The number of aryl methyl sites for hydroxylation is 2. The molecule has 2 rings (SSSR count). The Morgan fingerprint density at radius 3 is 2.06 bits per heavy atom. The highest BCUT2D eigenvalue weighted by Gasteiger charge is 2.37. The van der Waals surface area contributed by atoms with E-state index in [1.54, 1.807) is 20.8 Å². The van der Waals surface area contributed by atoms with Crippen LogP contribution in [0.4, 0.5) is 4.79 Å². The highest BCUT2D eigenvalue weighted by Crippen LogP contribution is 2.28. The van der Waals surface area contributed by atoms with Crippen LogP contribution in [0, 0.1) is 26.3 Å². The van der Waals surface area contributed by atoms with E-state index in [2.05, 4.69) is 16.7 Å². The van der Waals surface area contributed by atoms with Crippen LogP contribution in [0.25, 0.3) is 0 Å². The quantitative estimate of drug-likeness (QED) is 0.423. The molecule has 36 heavy (non-hydrogen) atoms. The van der Waals surface area contributed by atoms with Crippen molar-refractivity contribution in [3.05, 3.63) is 70.8 Å². The molecule has 0 bridgehead atoms. The lowest BCUT2D eigenvalue weighted by molar-refractivity contribution is -0.138. The molecule has 0 aromatic heterocycles. The second-order valence-electron chi connectivity index (χ2n) is 10.1. The third-order valence-corrected chi connectivity index (χ3v) is 5.40. The number of nitrogens with one attached hydrogen (secondary N) is 2. The van der Waals surface area contributed by atoms with Crippen molar-refractivity contribution in [1.29, 1.82) is 0 Å². The molecule has 0 aliphatic carbocycles. The predicted octanol–water partition coefficient (Wildman–Crippen LogP) is 4.42. The molecular formula is C29H37N3O4. The van der Waals surface area contributed by atoms with Gasteiger partial charge in [-0.15, -0.1) is 0 Å². The smallest absolute Gasteiger partial charge is 0.408 e. The molecule has 0 spiro atoms. The summed E-state index contributed by atoms with van der Waals surface area (Å²) in [6.45, 7) is 12.6. The van der Waals surface area contributed by atoms with Crippen molar-refractivity contribution in [2.75, 3.05) is 0 Å². The van der Waals surface area contributed by atoms with Crippen molar-refractivity contribution >= 4 is 17.9 Å². The summed E-state index contributed by atoms with van der Waals surface area (Å²) in [4.78, 5) is 41.1. The number of alkyl carbamates (subject to hydrolysis) is 1. The van der Waals surface area contributed by atoms with Crippen LogP contribution in [-0.2, 0) is 20.7 Å². The van der Waals surface area contributed by atoms with Crippen LogP contribution >= 0.6 is 0 Å². The lowest BCUT2D eigenvalue weighted by atomic mass is 9.93. The van der Waals surface area contributed by atoms with Gasteiger partial charge in [0.05, 0.1) is 0 Å². The molecule has 2 aromatic carbocycles. The number of ether oxygens (including phenoxy) is 1. The summed E-state index contributed by atoms with van der Waals surface area (Å²) in [5.41, 5.74) is 2.36. The summed E-state index contributed by atoms with van der Waals surface area (Å²) in [6.07, 6.45) is 5.30. The zero-order valence-electron chi connectivity index (χ0n) is 22.2. The summed E-state index contributed by atoms with van der Waals surface area (Å²) in [5.74, 6) is -0.983. The molecule has 0 aliphatic rings. The molecule has 3 amide bonds. The molecule has 2 atom stereocenters. The molecule has 0 heterocycles. The summed E-state index contributed by atoms with van der Waals surface area (Å²) >= 11 is 0. The minimum Gasteiger partial charge on any atom is -0.444 e. The maximum Gasteiger partial charge on any atom is 0.408 e. The van der Waals surface area contributed by atoms with Gasteiger partial charge in [0.1, 0.15) is 17.7 Å². The van der Waals surface area contributed by atoms with Crippen molar-refractivity contribution in [2.24, 2.45) is 0 Å². The van der Waals surface area contributed by atoms with E-state index < -0.39 is 35.6 Å². The Bertz CT molecular complexity index is 1090. The first kappa shape index (κ1) is 28.4. The Kier molecular flexibility index (Phi) is 9.68. The van der Waals surface area contributed by atoms with Crippen LogP contribution in [-0.4, -0.2) is 40.5 Å². The Balaban J connectivity index is 2.54. The fourth-order valence-electron chi connectivity index (χ4n) is 3.93. The standard InChI is InChI=1S/C29H37N3O4/c1-9-32(25(26(33)30-19(2)3)24-20(4)14-13-15-21(24)5)27(34)23(18-22-16-11-10-12-17-22)31-28(35)36-29(6,7)8/h1,10-17,19,23,25H,18H2,2-8H3,(H,30,33)(H,31,35). The fourth-order valence-corrected chi connectivity index (χ4v) is 3.93. The first-order valence-electron chi connectivity index (χ1n) is 12.0. The number of rotatable bonds is 8. The van der Waals surface area contributed by atoms with Gasteiger partial charge in [0.2, 0.25) is 5.91 Å². The molecular weight excluding hydrogens is 454 g/mol. The number of hydrogen-bond acceptors (Lipinski definition) is 4. The Morgan fingerprint density at radius 1 is 0.972 bits per heavy atom. The van der Waals surface area contributed by atoms with E-state index in [4.69, 9.17) is 11.2 Å². The topological polar surface area (TPSA) is 87.7 Å². The van der Waals surface area contributed by atoms with Crippen LogP contribution in [0.2, 0.25) is 0 Å². The van der Waals surface area contributed by atoms with Crippen LogP contribution < -0.4 is 10.6 Å². The van der Waals surface area contributed by atoms with Gasteiger partial charge in [-0.25, -0.2) is 4.79 Å². The average Bonchev–Trinajstić information content (AvgIpc) is 2.76. The number of terminal acetylenes is 1. The number of carbonyl (C=O) groups excluding carboxylic acids is 3. The Morgan fingerprint density at radius 2 is 1.56 bits per heavy atom. The van der Waals surface area contributed by atoms with Gasteiger partial charge < -0.3 is 15.4 Å². The van der Waals surface area contributed by atoms with Gasteiger partial charge in [0, 0.05) is 18.5 Å². The maximum absolute atomic E-state index is 13.9. The molecule has 7 nitrogen and oxygen atoms in total. The number of carbonyl (C=O) groups is 3. The van der Waals surface area contributed by atoms with Crippen molar-refractivity contribution in [3.63, 3.8) is 0 Å². The lowest BCUT2D eigenvalue weighted by Gasteiger charge is -2.32. The minimum absolute atomic E-state index is 0.168. The van der Waals surface area contributed by atoms with E-state index in [0.717, 1.165) is 21.6 Å². The lowest BCUT2D eigenvalue weighted by Crippen LogP contribution is -2.53. The molecule has 0 fully saturated rings. The predicted molar refractivity (Wildman–Crippen MR) is 141 cm³/mol. The van der Waals surface area contributed by atoms with E-state index >= 15 is 0 Å². The number of hydrogen-bond donors (Lipinski definition) is 2. The van der Waals surface area contributed by atoms with Gasteiger partial charge >= 0.3 is 6.09 Å². The molecule has 2 aromatic rings. The molecule has 0 saturated heterocycles. The zero-order chi connectivity index (χ0) is 27.0. The molecule has 7 heteroatoms. The Labute approximate surface area is 214 Å². The van der Waals surface area contributed by atoms with E-state index in [9.17, 15) is 14.4 Å². The van der Waals surface area contributed by atoms with E-state index in [1.165, 1.54) is 0 Å². The van der Waals surface area contributed by atoms with E-state index in [1.807, 2.05) is 76.2 Å². The van der Waals surface area contributed by atoms with Crippen LogP contribution in [0.1, 0.15) is 62.9 Å². The van der Waals surface area contributed by atoms with Gasteiger partial charge in [0.15, 0.2) is 0 Å². The average molecular weight is 492 g/mol. The number of nitrogens with zero attached hydrogens (tertiary/aromatic N) is 1. The highest BCUT2D eigenvalue weighted by molar-refractivity contribution is 5.94. The SMILES string of the molecule is C#CN(C(=O)C(Cc1ccccc1)NC(=O)OC(C)(C)C)C(C(=O)NC(C)C)c1c(C)cccc1C. The highest BCUT2D eigenvalue weighted by atomic mass is 16.6. The van der Waals surface area contributed by atoms with Gasteiger partial charge in [-0.1, -0.05) is 55.0 Å². The Hall–Kier alpha value is -3.79. The first-order chi connectivity index (χ1) is 16.8. The van der Waals surface area contributed by atoms with Crippen molar-refractivity contribution in [2.45, 2.75) is 78.6 Å². The molecule has 0 radical (unpaired) electrons. The van der Waals surface area contributed by atoms with Crippen LogP contribution in [0.5, 0.6) is 0 Å². The zero-order valence-corrected chi connectivity index (χ0v) is 22.2. The summed E-state index contributed by atoms with van der Waals surface area (Å²) in [5, 5.41) is 5.56. The van der Waals surface area contributed by atoms with Crippen LogP contribution in [0.15, 0.2) is 48.5 Å². The monoisotopic (exact) mass is 491 g/mol. The molecule has 2 N–H and O–H groups in total. The van der Waals surface area contributed by atoms with E-state index in [-0.39, 0.29) is 12.5 Å². The second-order valence-corrected chi connectivity index (χ2v) is 10.1. The first-order valence-corrected chi connectivity index (χ1v) is 12.0. The third kappa shape index (κ3) is 7.88. The fraction of sp³-hybridized carbons (Fsp3) is 0.414. The number of benzene rings is 2. The van der Waals surface area contributed by atoms with Crippen molar-refractivity contribution < 1.29 is 19.1 Å².